The van der Waals surface area contributed by atoms with Gasteiger partial charge in [0.15, 0.2) is 0 Å². The second-order valence-electron chi connectivity index (χ2n) is 5.25. The lowest BCUT2D eigenvalue weighted by molar-refractivity contribution is 0.510. The summed E-state index contributed by atoms with van der Waals surface area (Å²) in [6, 6.07) is 0. The molecular weight excluding hydrogens is 198 g/mol. The first-order valence-electron chi connectivity index (χ1n) is 6.48. The highest BCUT2D eigenvalue weighted by atomic mass is 15.4. The number of hydrogen-bond donors (Lipinski definition) is 0. The standard InChI is InChI=1S/C13H25N3/c1-6-7-8-16-12(9-10(2)3)13(11(4)5)14-15-16/h10-11H,6-9H2,1-5H3. The lowest BCUT2D eigenvalue weighted by Gasteiger charge is -2.11. The summed E-state index contributed by atoms with van der Waals surface area (Å²) in [4.78, 5) is 0. The zero-order valence-electron chi connectivity index (χ0n) is 11.3. The molecule has 0 aliphatic carbocycles. The van der Waals surface area contributed by atoms with Crippen LogP contribution in [0.15, 0.2) is 0 Å². The molecule has 0 aromatic carbocycles. The minimum absolute atomic E-state index is 0.476. The van der Waals surface area contributed by atoms with Crippen molar-refractivity contribution < 1.29 is 0 Å². The van der Waals surface area contributed by atoms with E-state index in [0.717, 1.165) is 13.0 Å². The van der Waals surface area contributed by atoms with Crippen LogP contribution in [0.5, 0.6) is 0 Å². The maximum atomic E-state index is 4.33. The van der Waals surface area contributed by atoms with E-state index in [2.05, 4.69) is 49.6 Å². The van der Waals surface area contributed by atoms with Crippen LogP contribution in [0.3, 0.4) is 0 Å². The first-order valence-corrected chi connectivity index (χ1v) is 6.48. The Balaban J connectivity index is 2.90. The van der Waals surface area contributed by atoms with E-state index in [-0.39, 0.29) is 0 Å². The molecular formula is C13H25N3. The van der Waals surface area contributed by atoms with Gasteiger partial charge in [-0.2, -0.15) is 0 Å². The van der Waals surface area contributed by atoms with Crippen molar-refractivity contribution in [1.82, 2.24) is 15.0 Å². The summed E-state index contributed by atoms with van der Waals surface area (Å²) < 4.78 is 2.11. The van der Waals surface area contributed by atoms with Crippen LogP contribution in [-0.2, 0) is 13.0 Å². The topological polar surface area (TPSA) is 30.7 Å². The summed E-state index contributed by atoms with van der Waals surface area (Å²) in [7, 11) is 0. The minimum atomic E-state index is 0.476. The molecule has 0 spiro atoms. The highest BCUT2D eigenvalue weighted by molar-refractivity contribution is 5.14. The van der Waals surface area contributed by atoms with Crippen LogP contribution in [-0.4, -0.2) is 15.0 Å². The number of rotatable bonds is 6. The molecule has 1 rings (SSSR count). The van der Waals surface area contributed by atoms with E-state index in [4.69, 9.17) is 0 Å². The number of nitrogens with zero attached hydrogens (tertiary/aromatic N) is 3. The van der Waals surface area contributed by atoms with Gasteiger partial charge in [0.2, 0.25) is 0 Å². The van der Waals surface area contributed by atoms with E-state index in [1.807, 2.05) is 0 Å². The lowest BCUT2D eigenvalue weighted by Crippen LogP contribution is -2.09. The van der Waals surface area contributed by atoms with E-state index >= 15 is 0 Å². The molecule has 92 valence electrons. The lowest BCUT2D eigenvalue weighted by atomic mass is 10.0. The SMILES string of the molecule is CCCCn1nnc(C(C)C)c1CC(C)C. The van der Waals surface area contributed by atoms with Crippen LogP contribution in [0, 0.1) is 5.92 Å². The zero-order valence-corrected chi connectivity index (χ0v) is 11.3. The smallest absolute Gasteiger partial charge is 0.0884 e. The van der Waals surface area contributed by atoms with Crippen molar-refractivity contribution in [1.29, 1.82) is 0 Å². The Bertz CT molecular complexity index is 313. The molecule has 0 saturated carbocycles. The van der Waals surface area contributed by atoms with Gasteiger partial charge in [0.1, 0.15) is 0 Å². The third-order valence-electron chi connectivity index (χ3n) is 2.74. The Morgan fingerprint density at radius 2 is 1.88 bits per heavy atom. The Morgan fingerprint density at radius 3 is 2.38 bits per heavy atom. The molecule has 1 heterocycles. The third kappa shape index (κ3) is 3.32. The van der Waals surface area contributed by atoms with Gasteiger partial charge >= 0.3 is 0 Å². The van der Waals surface area contributed by atoms with Crippen molar-refractivity contribution in [3.05, 3.63) is 11.4 Å². The summed E-state index contributed by atoms with van der Waals surface area (Å²) in [5.74, 6) is 1.14. The van der Waals surface area contributed by atoms with E-state index in [1.54, 1.807) is 0 Å². The molecule has 0 radical (unpaired) electrons. The van der Waals surface area contributed by atoms with E-state index in [9.17, 15) is 0 Å². The monoisotopic (exact) mass is 223 g/mol. The first kappa shape index (κ1) is 13.2. The largest absolute Gasteiger partial charge is 0.249 e. The highest BCUT2D eigenvalue weighted by Crippen LogP contribution is 2.19. The molecule has 0 bridgehead atoms. The van der Waals surface area contributed by atoms with Crippen LogP contribution in [0.4, 0.5) is 0 Å². The van der Waals surface area contributed by atoms with Gasteiger partial charge in [-0.15, -0.1) is 5.10 Å². The van der Waals surface area contributed by atoms with Gasteiger partial charge in [-0.25, -0.2) is 4.68 Å². The first-order chi connectivity index (χ1) is 7.56. The van der Waals surface area contributed by atoms with Gasteiger partial charge < -0.3 is 0 Å². The molecule has 0 N–H and O–H groups in total. The van der Waals surface area contributed by atoms with Crippen molar-refractivity contribution in [2.45, 2.75) is 66.3 Å². The summed E-state index contributed by atoms with van der Waals surface area (Å²) in [6.45, 7) is 12.1. The molecule has 0 aliphatic heterocycles. The number of unbranched alkanes of at least 4 members (excludes halogenated alkanes) is 1. The molecule has 3 nitrogen and oxygen atoms in total. The van der Waals surface area contributed by atoms with Gasteiger partial charge in [-0.05, 0) is 24.7 Å². The average Bonchev–Trinajstić information content (AvgIpc) is 2.57. The molecule has 0 amide bonds. The van der Waals surface area contributed by atoms with E-state index in [1.165, 1.54) is 24.2 Å². The molecule has 0 unspecified atom stereocenters. The fourth-order valence-electron chi connectivity index (χ4n) is 1.88. The molecule has 3 heteroatoms. The van der Waals surface area contributed by atoms with Crippen molar-refractivity contribution in [3.63, 3.8) is 0 Å². The van der Waals surface area contributed by atoms with Crippen molar-refractivity contribution in [2.24, 2.45) is 5.92 Å². The van der Waals surface area contributed by atoms with Crippen molar-refractivity contribution in [2.75, 3.05) is 0 Å². The molecule has 0 fully saturated rings. The minimum Gasteiger partial charge on any atom is -0.249 e. The maximum absolute atomic E-state index is 4.33. The number of hydrogen-bond acceptors (Lipinski definition) is 2. The summed E-state index contributed by atoms with van der Waals surface area (Å²) in [5.41, 5.74) is 2.53. The van der Waals surface area contributed by atoms with Crippen LogP contribution >= 0.6 is 0 Å². The fourth-order valence-corrected chi connectivity index (χ4v) is 1.88. The zero-order chi connectivity index (χ0) is 12.1. The second-order valence-corrected chi connectivity index (χ2v) is 5.25. The van der Waals surface area contributed by atoms with Crippen molar-refractivity contribution >= 4 is 0 Å². The van der Waals surface area contributed by atoms with E-state index < -0.39 is 0 Å². The van der Waals surface area contributed by atoms with Gasteiger partial charge in [-0.1, -0.05) is 46.3 Å². The molecule has 0 atom stereocenters. The summed E-state index contributed by atoms with van der Waals surface area (Å²) >= 11 is 0. The van der Waals surface area contributed by atoms with Gasteiger partial charge in [0, 0.05) is 6.54 Å². The molecule has 1 aromatic heterocycles. The van der Waals surface area contributed by atoms with Gasteiger partial charge in [-0.3, -0.25) is 0 Å². The van der Waals surface area contributed by atoms with E-state index in [0.29, 0.717) is 11.8 Å². The van der Waals surface area contributed by atoms with Crippen LogP contribution in [0.1, 0.15) is 64.8 Å². The Labute approximate surface area is 99.2 Å². The number of aryl methyl sites for hydroxylation is 1. The van der Waals surface area contributed by atoms with Gasteiger partial charge in [0.25, 0.3) is 0 Å². The normalized spacial score (nSPS) is 11.7. The van der Waals surface area contributed by atoms with Crippen LogP contribution in [0.2, 0.25) is 0 Å². The van der Waals surface area contributed by atoms with Crippen LogP contribution < -0.4 is 0 Å². The Morgan fingerprint density at radius 1 is 1.19 bits per heavy atom. The van der Waals surface area contributed by atoms with Gasteiger partial charge in [0.05, 0.1) is 11.4 Å². The maximum Gasteiger partial charge on any atom is 0.0884 e. The molecule has 0 saturated heterocycles. The summed E-state index contributed by atoms with van der Waals surface area (Å²) in [6.07, 6.45) is 3.48. The van der Waals surface area contributed by atoms with Crippen molar-refractivity contribution in [3.8, 4) is 0 Å². The Hall–Kier alpha value is -0.860. The predicted molar refractivity (Wildman–Crippen MR) is 67.6 cm³/mol. The molecule has 0 aliphatic rings. The average molecular weight is 223 g/mol. The number of aromatic nitrogens is 3. The predicted octanol–water partition coefficient (Wildman–Crippen LogP) is 3.40. The third-order valence-corrected chi connectivity index (χ3v) is 2.74. The molecule has 1 aromatic rings. The van der Waals surface area contributed by atoms with Crippen LogP contribution in [0.25, 0.3) is 0 Å². The Kier molecular flexibility index (Phi) is 4.97. The summed E-state index contributed by atoms with van der Waals surface area (Å²) in [5, 5.41) is 8.63. The fraction of sp³-hybridized carbons (Fsp3) is 0.846. The molecule has 16 heavy (non-hydrogen) atoms. The quantitative estimate of drug-likeness (QED) is 0.740. The highest BCUT2D eigenvalue weighted by Gasteiger charge is 2.16. The second kappa shape index (κ2) is 6.02.